The zero-order chi connectivity index (χ0) is 15.4. The minimum atomic E-state index is 0.0392. The Morgan fingerprint density at radius 2 is 2.17 bits per heavy atom. The van der Waals surface area contributed by atoms with E-state index in [2.05, 4.69) is 32.1 Å². The van der Waals surface area contributed by atoms with Gasteiger partial charge in [-0.15, -0.1) is 0 Å². The molecule has 0 N–H and O–H groups in total. The summed E-state index contributed by atoms with van der Waals surface area (Å²) in [4.78, 5) is 14.0. The first-order valence-corrected chi connectivity index (χ1v) is 7.27. The van der Waals surface area contributed by atoms with Gasteiger partial charge in [0.15, 0.2) is 5.12 Å². The molecule has 0 aromatic rings. The molecule has 0 amide bonds. The third-order valence-electron chi connectivity index (χ3n) is 2.78. The Morgan fingerprint density at radius 3 is 2.78 bits per heavy atom. The molecule has 1 aliphatic heterocycles. The number of thioether (sulfide) groups is 1. The van der Waals surface area contributed by atoms with Gasteiger partial charge in [-0.05, 0) is 11.8 Å². The molecule has 1 aliphatic rings. The van der Waals surface area contributed by atoms with E-state index < -0.39 is 0 Å². The Morgan fingerprint density at radius 1 is 1.50 bits per heavy atom. The summed E-state index contributed by atoms with van der Waals surface area (Å²) in [6, 6.07) is 0. The lowest BCUT2D eigenvalue weighted by atomic mass is 9.94. The van der Waals surface area contributed by atoms with Gasteiger partial charge in [0.2, 0.25) is 0 Å². The first-order chi connectivity index (χ1) is 9.53. The van der Waals surface area contributed by atoms with Crippen LogP contribution < -0.4 is 0 Å². The molecule has 0 radical (unpaired) electrons. The molecule has 0 spiro atoms. The van der Waals surface area contributed by atoms with Gasteiger partial charge in [-0.3, -0.25) is 9.69 Å². The fourth-order valence-corrected chi connectivity index (χ4v) is 2.71. The van der Waals surface area contributed by atoms with Crippen LogP contribution in [0, 0.1) is 5.41 Å². The van der Waals surface area contributed by atoms with E-state index in [1.165, 1.54) is 11.8 Å². The number of rotatable bonds is 5. The lowest BCUT2D eigenvalue weighted by molar-refractivity contribution is -0.111. The Bertz CT molecular complexity index is 263. The number of ether oxygens (including phenoxy) is 1. The lowest BCUT2D eigenvalue weighted by Crippen LogP contribution is -2.37. The summed E-state index contributed by atoms with van der Waals surface area (Å²) in [6.07, 6.45) is 1.57. The molecule has 108 valence electrons. The maximum absolute atomic E-state index is 11.7. The first-order valence-electron chi connectivity index (χ1n) is 7.44. The van der Waals surface area contributed by atoms with Crippen LogP contribution in [0.5, 0.6) is 0 Å². The fourth-order valence-electron chi connectivity index (χ4n) is 1.59. The second kappa shape index (κ2) is 9.23. The van der Waals surface area contributed by atoms with Crippen LogP contribution in [0.15, 0.2) is 0 Å². The SMILES string of the molecule is [3H]CC(C)(C)CCSC(=O)CCN1CCOCC1.[3H]S. The van der Waals surface area contributed by atoms with Crippen LogP contribution in [0.2, 0.25) is 0 Å². The quantitative estimate of drug-likeness (QED) is 0.780. The monoisotopic (exact) mass is 297 g/mol. The van der Waals surface area contributed by atoms with Crippen LogP contribution >= 0.6 is 25.2 Å². The van der Waals surface area contributed by atoms with Crippen molar-refractivity contribution < 1.29 is 10.9 Å². The molecule has 1 heterocycles. The average molecular weight is 298 g/mol. The maximum Gasteiger partial charge on any atom is 0.190 e. The van der Waals surface area contributed by atoms with Gasteiger partial charge in [0.25, 0.3) is 0 Å². The molecule has 18 heavy (non-hydrogen) atoms. The molecule has 3 nitrogen and oxygen atoms in total. The Hall–Kier alpha value is 0.290. The molecule has 0 bridgehead atoms. The van der Waals surface area contributed by atoms with Crippen LogP contribution in [0.25, 0.3) is 0 Å². The molecule has 0 unspecified atom stereocenters. The van der Waals surface area contributed by atoms with Crippen LogP contribution in [0.3, 0.4) is 0 Å². The van der Waals surface area contributed by atoms with Crippen molar-refractivity contribution in [2.24, 2.45) is 5.41 Å². The van der Waals surface area contributed by atoms with Gasteiger partial charge < -0.3 is 4.74 Å². The standard InChI is InChI=1S/C13H25NO2S.H2S/c1-13(2,3)5-11-17-12(15)4-6-14-7-9-16-10-8-14;/h4-11H2,1-3H3;1H2/i1T;/hT. The van der Waals surface area contributed by atoms with Crippen LogP contribution in [0.4, 0.5) is 0 Å². The predicted molar refractivity (Wildman–Crippen MR) is 83.8 cm³/mol. The molecular formula is C13H27NO2S2. The molecule has 0 aromatic carbocycles. The largest absolute Gasteiger partial charge is 0.379 e. The number of hydrogen-bond donors (Lipinski definition) is 0. The second-order valence-corrected chi connectivity index (χ2v) is 6.49. The molecule has 5 heteroatoms. The molecule has 0 aliphatic carbocycles. The number of hydrogen-bond acceptors (Lipinski definition) is 4. The number of nitrogens with zero attached hydrogens (tertiary/aromatic N) is 1. The summed E-state index contributed by atoms with van der Waals surface area (Å²) < 4.78 is 18.1. The van der Waals surface area contributed by atoms with Crippen molar-refractivity contribution in [1.29, 1.82) is 1.12 Å². The van der Waals surface area contributed by atoms with Crippen molar-refractivity contribution in [3.63, 3.8) is 0 Å². The lowest BCUT2D eigenvalue weighted by Gasteiger charge is -2.26. The molecule has 1 fully saturated rings. The zero-order valence-corrected chi connectivity index (χ0v) is 13.2. The first kappa shape index (κ1) is 14.7. The van der Waals surface area contributed by atoms with Crippen LogP contribution in [-0.2, 0) is 9.53 Å². The van der Waals surface area contributed by atoms with E-state index in [4.69, 9.17) is 7.23 Å². The van der Waals surface area contributed by atoms with Gasteiger partial charge in [-0.25, -0.2) is 0 Å². The van der Waals surface area contributed by atoms with Crippen molar-refractivity contribution in [1.82, 2.24) is 4.90 Å². The van der Waals surface area contributed by atoms with Gasteiger partial charge >= 0.3 is 0 Å². The van der Waals surface area contributed by atoms with Gasteiger partial charge in [0, 0.05) is 33.2 Å². The highest BCUT2D eigenvalue weighted by Gasteiger charge is 2.14. The number of morpholine rings is 1. The van der Waals surface area contributed by atoms with Crippen molar-refractivity contribution in [3.05, 3.63) is 0 Å². The summed E-state index contributed by atoms with van der Waals surface area (Å²) in [6.45, 7) is 8.93. The number of carbonyl (C=O) groups is 1. The second-order valence-electron chi connectivity index (χ2n) is 5.34. The van der Waals surface area contributed by atoms with E-state index in [9.17, 15) is 4.79 Å². The Labute approximate surface area is 125 Å². The van der Waals surface area contributed by atoms with Crippen molar-refractivity contribution in [2.75, 3.05) is 38.6 Å². The minimum Gasteiger partial charge on any atom is -0.379 e. The molecule has 0 aromatic heterocycles. The summed E-state index contributed by atoms with van der Waals surface area (Å²) in [5.41, 5.74) is 0.0392. The van der Waals surface area contributed by atoms with Crippen molar-refractivity contribution in [2.45, 2.75) is 33.6 Å². The normalized spacial score (nSPS) is 18.4. The summed E-state index contributed by atoms with van der Waals surface area (Å²) in [7, 11) is 0. The van der Waals surface area contributed by atoms with E-state index in [0.29, 0.717) is 13.3 Å². The Kier molecular flexibility index (Phi) is 7.54. The van der Waals surface area contributed by atoms with Gasteiger partial charge in [0.1, 0.15) is 0 Å². The van der Waals surface area contributed by atoms with Crippen molar-refractivity contribution >= 4 is 30.3 Å². The molecule has 0 saturated carbocycles. The third kappa shape index (κ3) is 9.25. The smallest absolute Gasteiger partial charge is 0.190 e. The van der Waals surface area contributed by atoms with Gasteiger partial charge in [-0.2, -0.15) is 13.4 Å². The minimum absolute atomic E-state index is 0.0392. The van der Waals surface area contributed by atoms with E-state index >= 15 is 0 Å². The average Bonchev–Trinajstić information content (AvgIpc) is 2.48. The molecule has 0 atom stereocenters. The molecular weight excluding hydrogens is 266 g/mol. The third-order valence-corrected chi connectivity index (χ3v) is 3.71. The number of carbonyl (C=O) groups excluding carboxylic acids is 1. The summed E-state index contributed by atoms with van der Waals surface area (Å²) in [5.74, 6) is 0.841. The van der Waals surface area contributed by atoms with E-state index in [1.807, 2.05) is 0 Å². The van der Waals surface area contributed by atoms with E-state index in [1.54, 1.807) is 0 Å². The van der Waals surface area contributed by atoms with Crippen LogP contribution in [0.1, 0.15) is 35.0 Å². The highest BCUT2D eigenvalue weighted by Crippen LogP contribution is 2.22. The van der Waals surface area contributed by atoms with Crippen LogP contribution in [-0.4, -0.2) is 49.7 Å². The highest BCUT2D eigenvalue weighted by atomic mass is 32.2. The molecule has 1 rings (SSSR count). The zero-order valence-electron chi connectivity index (χ0n) is 13.5. The highest BCUT2D eigenvalue weighted by molar-refractivity contribution is 8.13. The maximum atomic E-state index is 11.7. The van der Waals surface area contributed by atoms with Gasteiger partial charge in [0.05, 0.1) is 14.3 Å². The predicted octanol–water partition coefficient (Wildman–Crippen LogP) is 2.52. The molecule has 1 saturated heterocycles. The summed E-state index contributed by atoms with van der Waals surface area (Å²) >= 11 is 4.20. The Balaban J connectivity index is 0.00000172. The van der Waals surface area contributed by atoms with E-state index in [-0.39, 0.29) is 10.5 Å². The van der Waals surface area contributed by atoms with Crippen molar-refractivity contribution in [3.8, 4) is 0 Å². The fraction of sp³-hybridized carbons (Fsp3) is 0.923. The van der Waals surface area contributed by atoms with Gasteiger partial charge in [-0.1, -0.05) is 32.5 Å². The van der Waals surface area contributed by atoms with E-state index in [0.717, 1.165) is 45.0 Å². The topological polar surface area (TPSA) is 29.5 Å². The summed E-state index contributed by atoms with van der Waals surface area (Å²) in [5, 5.41) is 0.280.